The second-order valence-electron chi connectivity index (χ2n) is 5.87. The van der Waals surface area contributed by atoms with Gasteiger partial charge in [-0.3, -0.25) is 0 Å². The summed E-state index contributed by atoms with van der Waals surface area (Å²) >= 11 is 0. The molecule has 0 heterocycles. The van der Waals surface area contributed by atoms with Crippen LogP contribution in [0.4, 0.5) is 0 Å². The number of hydrogen-bond donors (Lipinski definition) is 1. The Balaban J connectivity index is 2.67. The van der Waals surface area contributed by atoms with Crippen molar-refractivity contribution in [2.24, 2.45) is 17.3 Å². The SMILES string of the molecule is CC(C)C1CC[C@](C)(C(C)(C)O)C1. The Morgan fingerprint density at radius 1 is 1.38 bits per heavy atom. The molecule has 0 aromatic carbocycles. The van der Waals surface area contributed by atoms with Crippen LogP contribution >= 0.6 is 0 Å². The van der Waals surface area contributed by atoms with Gasteiger partial charge in [-0.2, -0.15) is 0 Å². The van der Waals surface area contributed by atoms with Gasteiger partial charge in [0.15, 0.2) is 0 Å². The lowest BCUT2D eigenvalue weighted by molar-refractivity contribution is -0.0446. The molecule has 0 amide bonds. The predicted octanol–water partition coefficient (Wildman–Crippen LogP) is 3.22. The van der Waals surface area contributed by atoms with E-state index in [-0.39, 0.29) is 5.41 Å². The topological polar surface area (TPSA) is 20.2 Å². The fourth-order valence-electron chi connectivity index (χ4n) is 2.41. The minimum Gasteiger partial charge on any atom is -0.390 e. The first-order chi connectivity index (χ1) is 5.76. The van der Waals surface area contributed by atoms with Crippen LogP contribution in [0.2, 0.25) is 0 Å². The minimum absolute atomic E-state index is 0.141. The molecule has 1 nitrogen and oxygen atoms in total. The van der Waals surface area contributed by atoms with Crippen molar-refractivity contribution < 1.29 is 5.11 Å². The number of rotatable bonds is 2. The third kappa shape index (κ3) is 2.07. The maximum atomic E-state index is 10.1. The van der Waals surface area contributed by atoms with Crippen molar-refractivity contribution in [3.05, 3.63) is 0 Å². The summed E-state index contributed by atoms with van der Waals surface area (Å²) in [4.78, 5) is 0. The summed E-state index contributed by atoms with van der Waals surface area (Å²) in [6, 6.07) is 0. The fraction of sp³-hybridized carbons (Fsp3) is 1.00. The highest BCUT2D eigenvalue weighted by Crippen LogP contribution is 2.50. The van der Waals surface area contributed by atoms with Crippen LogP contribution < -0.4 is 0 Å². The largest absolute Gasteiger partial charge is 0.390 e. The minimum atomic E-state index is -0.517. The molecule has 0 bridgehead atoms. The van der Waals surface area contributed by atoms with E-state index >= 15 is 0 Å². The average molecular weight is 184 g/mol. The van der Waals surface area contributed by atoms with Crippen molar-refractivity contribution in [2.75, 3.05) is 0 Å². The monoisotopic (exact) mass is 184 g/mol. The standard InChI is InChI=1S/C12H24O/c1-9(2)10-6-7-12(5,8-10)11(3,4)13/h9-10,13H,6-8H2,1-5H3/t10?,12-/m0/s1. The molecule has 0 aromatic heterocycles. The Kier molecular flexibility index (Phi) is 2.78. The molecule has 1 aliphatic carbocycles. The zero-order chi connectivity index (χ0) is 10.3. The zero-order valence-electron chi connectivity index (χ0n) is 9.72. The molecule has 1 aliphatic rings. The summed E-state index contributed by atoms with van der Waals surface area (Å²) in [6.07, 6.45) is 3.66. The normalized spacial score (nSPS) is 35.8. The highest BCUT2D eigenvalue weighted by Gasteiger charge is 2.45. The molecule has 1 heteroatoms. The van der Waals surface area contributed by atoms with Gasteiger partial charge in [0.1, 0.15) is 0 Å². The van der Waals surface area contributed by atoms with Crippen LogP contribution in [0.3, 0.4) is 0 Å². The number of hydrogen-bond acceptors (Lipinski definition) is 1. The van der Waals surface area contributed by atoms with Crippen LogP contribution in [0.5, 0.6) is 0 Å². The van der Waals surface area contributed by atoms with E-state index in [9.17, 15) is 5.11 Å². The van der Waals surface area contributed by atoms with Gasteiger partial charge >= 0.3 is 0 Å². The van der Waals surface area contributed by atoms with Crippen molar-refractivity contribution in [1.82, 2.24) is 0 Å². The highest BCUT2D eigenvalue weighted by atomic mass is 16.3. The molecule has 0 aliphatic heterocycles. The van der Waals surface area contributed by atoms with Crippen molar-refractivity contribution in [3.63, 3.8) is 0 Å². The zero-order valence-corrected chi connectivity index (χ0v) is 9.72. The lowest BCUT2D eigenvalue weighted by Crippen LogP contribution is -2.39. The Hall–Kier alpha value is -0.0400. The Bertz CT molecular complexity index is 178. The Morgan fingerprint density at radius 3 is 2.15 bits per heavy atom. The lowest BCUT2D eigenvalue weighted by atomic mass is 9.73. The van der Waals surface area contributed by atoms with Crippen LogP contribution in [-0.4, -0.2) is 10.7 Å². The summed E-state index contributed by atoms with van der Waals surface area (Å²) in [5, 5.41) is 10.1. The summed E-state index contributed by atoms with van der Waals surface area (Å²) < 4.78 is 0. The lowest BCUT2D eigenvalue weighted by Gasteiger charge is -2.37. The Morgan fingerprint density at radius 2 is 1.92 bits per heavy atom. The quantitative estimate of drug-likeness (QED) is 0.698. The van der Waals surface area contributed by atoms with Crippen molar-refractivity contribution in [2.45, 2.75) is 59.5 Å². The van der Waals surface area contributed by atoms with E-state index in [0.717, 1.165) is 11.8 Å². The maximum absolute atomic E-state index is 10.1. The molecule has 1 saturated carbocycles. The number of aliphatic hydroxyl groups is 1. The molecule has 1 N–H and O–H groups in total. The molecule has 78 valence electrons. The van der Waals surface area contributed by atoms with Crippen LogP contribution in [0.15, 0.2) is 0 Å². The van der Waals surface area contributed by atoms with Gasteiger partial charge in [0, 0.05) is 0 Å². The van der Waals surface area contributed by atoms with E-state index in [1.165, 1.54) is 19.3 Å². The van der Waals surface area contributed by atoms with E-state index < -0.39 is 5.60 Å². The summed E-state index contributed by atoms with van der Waals surface area (Å²) in [7, 11) is 0. The third-order valence-corrected chi connectivity index (χ3v) is 4.20. The van der Waals surface area contributed by atoms with E-state index in [2.05, 4.69) is 20.8 Å². The van der Waals surface area contributed by atoms with E-state index in [0.29, 0.717) is 0 Å². The maximum Gasteiger partial charge on any atom is 0.0645 e. The molecule has 2 atom stereocenters. The molecule has 1 rings (SSSR count). The molecule has 1 unspecified atom stereocenters. The first-order valence-electron chi connectivity index (χ1n) is 5.49. The van der Waals surface area contributed by atoms with Crippen LogP contribution in [0.1, 0.15) is 53.9 Å². The molecule has 13 heavy (non-hydrogen) atoms. The van der Waals surface area contributed by atoms with Gasteiger partial charge in [-0.25, -0.2) is 0 Å². The summed E-state index contributed by atoms with van der Waals surface area (Å²) in [5.41, 5.74) is -0.376. The highest BCUT2D eigenvalue weighted by molar-refractivity contribution is 4.96. The summed E-state index contributed by atoms with van der Waals surface area (Å²) in [6.45, 7) is 10.7. The van der Waals surface area contributed by atoms with Crippen molar-refractivity contribution >= 4 is 0 Å². The van der Waals surface area contributed by atoms with E-state index in [1.807, 2.05) is 13.8 Å². The van der Waals surface area contributed by atoms with Crippen molar-refractivity contribution in [3.8, 4) is 0 Å². The van der Waals surface area contributed by atoms with Crippen LogP contribution in [0.25, 0.3) is 0 Å². The van der Waals surface area contributed by atoms with E-state index in [1.54, 1.807) is 0 Å². The van der Waals surface area contributed by atoms with Gasteiger partial charge in [0.05, 0.1) is 5.60 Å². The van der Waals surface area contributed by atoms with Gasteiger partial charge < -0.3 is 5.11 Å². The molecule has 0 spiro atoms. The molecule has 1 fully saturated rings. The van der Waals surface area contributed by atoms with E-state index in [4.69, 9.17) is 0 Å². The molecule has 0 aromatic rings. The average Bonchev–Trinajstić information content (AvgIpc) is 2.31. The van der Waals surface area contributed by atoms with Gasteiger partial charge in [0.2, 0.25) is 0 Å². The second-order valence-corrected chi connectivity index (χ2v) is 5.87. The third-order valence-electron chi connectivity index (χ3n) is 4.20. The first kappa shape index (κ1) is 11.0. The second kappa shape index (κ2) is 3.27. The van der Waals surface area contributed by atoms with Gasteiger partial charge in [-0.15, -0.1) is 0 Å². The fourth-order valence-corrected chi connectivity index (χ4v) is 2.41. The molecule has 0 radical (unpaired) electrons. The van der Waals surface area contributed by atoms with Gasteiger partial charge in [0.25, 0.3) is 0 Å². The van der Waals surface area contributed by atoms with Gasteiger partial charge in [-0.1, -0.05) is 20.8 Å². The smallest absolute Gasteiger partial charge is 0.0645 e. The van der Waals surface area contributed by atoms with Gasteiger partial charge in [-0.05, 0) is 50.4 Å². The predicted molar refractivity (Wildman–Crippen MR) is 56.6 cm³/mol. The van der Waals surface area contributed by atoms with Crippen LogP contribution in [0, 0.1) is 17.3 Å². The van der Waals surface area contributed by atoms with Crippen LogP contribution in [-0.2, 0) is 0 Å². The molecule has 0 saturated heterocycles. The van der Waals surface area contributed by atoms with Crippen molar-refractivity contribution in [1.29, 1.82) is 0 Å². The summed E-state index contributed by atoms with van der Waals surface area (Å²) in [5.74, 6) is 1.58. The Labute approximate surface area is 82.5 Å². The molecular weight excluding hydrogens is 160 g/mol. The molecular formula is C12H24O. The first-order valence-corrected chi connectivity index (χ1v) is 5.49.